The van der Waals surface area contributed by atoms with Gasteiger partial charge >= 0.3 is 0 Å². The first-order valence-electron chi connectivity index (χ1n) is 11.9. The molecule has 1 aromatic heterocycles. The number of carbonyl (C=O) groups is 1. The third kappa shape index (κ3) is 5.10. The maximum Gasteiger partial charge on any atom is 0.286 e. The van der Waals surface area contributed by atoms with Crippen molar-refractivity contribution in [3.8, 4) is 22.7 Å². The molecule has 0 spiro atoms. The predicted molar refractivity (Wildman–Crippen MR) is 143 cm³/mol. The number of aromatic nitrogens is 2. The lowest BCUT2D eigenvalue weighted by Gasteiger charge is -2.27. The number of aliphatic imine (C=N–C) groups is 1. The van der Waals surface area contributed by atoms with Crippen molar-refractivity contribution in [2.24, 2.45) is 4.99 Å². The number of likely N-dealkylation sites (tertiary alicyclic amines) is 1. The molecule has 2 aromatic carbocycles. The third-order valence-corrected chi connectivity index (χ3v) is 7.14. The Morgan fingerprint density at radius 2 is 1.91 bits per heavy atom. The van der Waals surface area contributed by atoms with Gasteiger partial charge in [-0.3, -0.25) is 4.79 Å². The van der Waals surface area contributed by atoms with E-state index in [1.165, 1.54) is 18.2 Å². The Labute approximate surface area is 210 Å². The second-order valence-corrected chi connectivity index (χ2v) is 9.66. The average molecular weight is 485 g/mol. The monoisotopic (exact) mass is 484 g/mol. The summed E-state index contributed by atoms with van der Waals surface area (Å²) in [4.78, 5) is 20.0. The van der Waals surface area contributed by atoms with Gasteiger partial charge in [0.1, 0.15) is 18.1 Å². The zero-order valence-electron chi connectivity index (χ0n) is 19.8. The van der Waals surface area contributed by atoms with E-state index in [9.17, 15) is 4.79 Å². The van der Waals surface area contributed by atoms with Crippen LogP contribution in [-0.2, 0) is 4.79 Å². The molecule has 2 aliphatic heterocycles. The van der Waals surface area contributed by atoms with E-state index in [0.717, 1.165) is 64.9 Å². The number of aryl methyl sites for hydroxylation is 1. The molecule has 35 heavy (non-hydrogen) atoms. The van der Waals surface area contributed by atoms with Crippen LogP contribution in [0.2, 0.25) is 0 Å². The first-order valence-corrected chi connectivity index (χ1v) is 12.7. The van der Waals surface area contributed by atoms with Crippen LogP contribution in [-0.4, -0.2) is 45.5 Å². The van der Waals surface area contributed by atoms with E-state index in [1.807, 2.05) is 66.3 Å². The third-order valence-electron chi connectivity index (χ3n) is 6.09. The van der Waals surface area contributed by atoms with Gasteiger partial charge in [-0.2, -0.15) is 10.1 Å². The highest BCUT2D eigenvalue weighted by Gasteiger charge is 2.27. The van der Waals surface area contributed by atoms with Gasteiger partial charge in [0.15, 0.2) is 5.17 Å². The molecule has 178 valence electrons. The molecule has 5 rings (SSSR count). The van der Waals surface area contributed by atoms with Crippen LogP contribution in [0.3, 0.4) is 0 Å². The zero-order valence-corrected chi connectivity index (χ0v) is 20.6. The Kier molecular flexibility index (Phi) is 6.86. The molecule has 1 amide bonds. The minimum atomic E-state index is -0.182. The van der Waals surface area contributed by atoms with Gasteiger partial charge in [0, 0.05) is 30.4 Å². The molecule has 7 heteroatoms. The molecule has 3 aromatic rings. The Morgan fingerprint density at radius 3 is 2.66 bits per heavy atom. The summed E-state index contributed by atoms with van der Waals surface area (Å²) in [5.41, 5.74) is 4.61. The molecule has 6 nitrogen and oxygen atoms in total. The summed E-state index contributed by atoms with van der Waals surface area (Å²) in [6.07, 6.45) is 9.16. The van der Waals surface area contributed by atoms with Crippen LogP contribution in [0.4, 0.5) is 0 Å². The second kappa shape index (κ2) is 10.4. The summed E-state index contributed by atoms with van der Waals surface area (Å²) in [6, 6.07) is 16.0. The number of carbonyl (C=O) groups excluding carboxylic acids is 1. The maximum absolute atomic E-state index is 12.8. The van der Waals surface area contributed by atoms with Gasteiger partial charge < -0.3 is 9.64 Å². The van der Waals surface area contributed by atoms with Gasteiger partial charge in [-0.1, -0.05) is 30.9 Å². The number of ether oxygens (including phenoxy) is 1. The number of thioether (sulfide) groups is 1. The van der Waals surface area contributed by atoms with Crippen molar-refractivity contribution < 1.29 is 9.53 Å². The Hall–Kier alpha value is -3.58. The average Bonchev–Trinajstić information content (AvgIpc) is 3.48. The lowest BCUT2D eigenvalue weighted by atomic mass is 10.0. The molecule has 0 unspecified atom stereocenters. The quantitative estimate of drug-likeness (QED) is 0.324. The number of hydrogen-bond donors (Lipinski definition) is 0. The molecule has 2 aliphatic rings. The zero-order chi connectivity index (χ0) is 24.2. The number of nitrogens with zero attached hydrogens (tertiary/aromatic N) is 4. The van der Waals surface area contributed by atoms with E-state index < -0.39 is 0 Å². The van der Waals surface area contributed by atoms with Gasteiger partial charge in [0.2, 0.25) is 0 Å². The van der Waals surface area contributed by atoms with E-state index in [2.05, 4.69) is 22.5 Å². The van der Waals surface area contributed by atoms with Gasteiger partial charge in [0.25, 0.3) is 5.91 Å². The molecule has 1 saturated heterocycles. The minimum Gasteiger partial charge on any atom is -0.489 e. The van der Waals surface area contributed by atoms with E-state index in [-0.39, 0.29) is 5.91 Å². The van der Waals surface area contributed by atoms with Crippen molar-refractivity contribution in [1.29, 1.82) is 0 Å². The summed E-state index contributed by atoms with van der Waals surface area (Å²) in [5, 5.41) is 5.72. The van der Waals surface area contributed by atoms with Crippen molar-refractivity contribution in [3.63, 3.8) is 0 Å². The fraction of sp³-hybridized carbons (Fsp3) is 0.250. The number of rotatable bonds is 6. The van der Waals surface area contributed by atoms with Crippen LogP contribution in [0.25, 0.3) is 23.0 Å². The van der Waals surface area contributed by atoms with E-state index >= 15 is 0 Å². The summed E-state index contributed by atoms with van der Waals surface area (Å²) in [6.45, 7) is 8.11. The summed E-state index contributed by atoms with van der Waals surface area (Å²) in [5.74, 6) is 0.635. The molecule has 0 aliphatic carbocycles. The van der Waals surface area contributed by atoms with Crippen LogP contribution >= 0.6 is 11.8 Å². The number of amides is 1. The smallest absolute Gasteiger partial charge is 0.286 e. The van der Waals surface area contributed by atoms with Crippen LogP contribution in [0, 0.1) is 6.92 Å². The highest BCUT2D eigenvalue weighted by molar-refractivity contribution is 8.18. The summed E-state index contributed by atoms with van der Waals surface area (Å²) in [7, 11) is 0. The molecule has 0 bridgehead atoms. The standard InChI is InChI=1S/C28H28N4O2S/c1-3-16-34-24-13-12-21(17-20(24)2)26-22(19-32(30-26)23-10-6-4-7-11-23)18-25-27(33)29-28(35-25)31-14-8-5-9-15-31/h3-4,6-7,10-13,17-19H,1,5,8-9,14-16H2,2H3. The Morgan fingerprint density at radius 1 is 1.11 bits per heavy atom. The van der Waals surface area contributed by atoms with Crippen LogP contribution < -0.4 is 4.74 Å². The number of benzene rings is 2. The number of piperidine rings is 1. The highest BCUT2D eigenvalue weighted by Crippen LogP contribution is 2.35. The minimum absolute atomic E-state index is 0.182. The van der Waals surface area contributed by atoms with E-state index in [0.29, 0.717) is 11.5 Å². The van der Waals surface area contributed by atoms with Gasteiger partial charge in [-0.05, 0) is 79.9 Å². The fourth-order valence-corrected chi connectivity index (χ4v) is 5.25. The van der Waals surface area contributed by atoms with Crippen LogP contribution in [0.15, 0.2) is 77.3 Å². The normalized spacial score (nSPS) is 17.1. The van der Waals surface area contributed by atoms with Crippen molar-refractivity contribution >= 4 is 28.9 Å². The largest absolute Gasteiger partial charge is 0.489 e. The molecule has 0 radical (unpaired) electrons. The molecule has 1 fully saturated rings. The first kappa shape index (κ1) is 23.2. The van der Waals surface area contributed by atoms with Gasteiger partial charge in [-0.15, -0.1) is 0 Å². The second-order valence-electron chi connectivity index (χ2n) is 8.65. The van der Waals surface area contributed by atoms with Gasteiger partial charge in [0.05, 0.1) is 10.6 Å². The molecule has 3 heterocycles. The van der Waals surface area contributed by atoms with E-state index in [1.54, 1.807) is 6.08 Å². The van der Waals surface area contributed by atoms with Crippen molar-refractivity contribution in [2.75, 3.05) is 19.7 Å². The highest BCUT2D eigenvalue weighted by atomic mass is 32.2. The van der Waals surface area contributed by atoms with Crippen molar-refractivity contribution in [1.82, 2.24) is 14.7 Å². The number of hydrogen-bond acceptors (Lipinski definition) is 5. The summed E-state index contributed by atoms with van der Waals surface area (Å²) >= 11 is 1.46. The summed E-state index contributed by atoms with van der Waals surface area (Å²) < 4.78 is 7.61. The van der Waals surface area contributed by atoms with Crippen molar-refractivity contribution in [3.05, 3.63) is 83.4 Å². The molecular formula is C28H28N4O2S. The molecule has 0 atom stereocenters. The number of para-hydroxylation sites is 1. The Bertz CT molecular complexity index is 1300. The van der Waals surface area contributed by atoms with Crippen LogP contribution in [0.5, 0.6) is 5.75 Å². The van der Waals surface area contributed by atoms with Crippen molar-refractivity contribution in [2.45, 2.75) is 26.2 Å². The van der Waals surface area contributed by atoms with E-state index in [4.69, 9.17) is 9.84 Å². The lowest BCUT2D eigenvalue weighted by molar-refractivity contribution is -0.113. The van der Waals surface area contributed by atoms with Crippen LogP contribution in [0.1, 0.15) is 30.4 Å². The van der Waals surface area contributed by atoms with Gasteiger partial charge in [-0.25, -0.2) is 4.68 Å². The molecular weight excluding hydrogens is 456 g/mol. The SMILES string of the molecule is C=CCOc1ccc(-c2nn(-c3ccccc3)cc2C=C2SC(N3CCCCC3)=NC2=O)cc1C. The topological polar surface area (TPSA) is 59.7 Å². The lowest BCUT2D eigenvalue weighted by Crippen LogP contribution is -2.33. The Balaban J connectivity index is 1.51. The molecule has 0 N–H and O–H groups in total. The maximum atomic E-state index is 12.8. The number of amidine groups is 1. The fourth-order valence-electron chi connectivity index (χ4n) is 4.30. The predicted octanol–water partition coefficient (Wildman–Crippen LogP) is 5.87. The molecule has 0 saturated carbocycles. The first-order chi connectivity index (χ1) is 17.1.